The Hall–Kier alpha value is -0.710. The number of anilines is 1. The molecule has 72 valence electrons. The number of aromatic nitrogens is 2. The normalized spacial score (nSPS) is 19.5. The van der Waals surface area contributed by atoms with Crippen molar-refractivity contribution in [2.24, 2.45) is 0 Å². The fourth-order valence-electron chi connectivity index (χ4n) is 1.45. The van der Waals surface area contributed by atoms with Crippen LogP contribution >= 0.6 is 11.5 Å². The molecule has 13 heavy (non-hydrogen) atoms. The van der Waals surface area contributed by atoms with Crippen LogP contribution in [0.4, 0.5) is 9.52 Å². The predicted molar refractivity (Wildman–Crippen MR) is 50.7 cm³/mol. The second-order valence-corrected chi connectivity index (χ2v) is 4.21. The van der Waals surface area contributed by atoms with Crippen molar-refractivity contribution >= 4 is 16.7 Å². The summed E-state index contributed by atoms with van der Waals surface area (Å²) in [6, 6.07) is 0. The molecule has 5 heteroatoms. The maximum Gasteiger partial charge on any atom is 0.202 e. The van der Waals surface area contributed by atoms with E-state index in [-0.39, 0.29) is 0 Å². The first-order chi connectivity index (χ1) is 6.29. The van der Waals surface area contributed by atoms with Gasteiger partial charge >= 0.3 is 0 Å². The summed E-state index contributed by atoms with van der Waals surface area (Å²) in [6.07, 6.45) is 4.58. The lowest BCUT2D eigenvalue weighted by Gasteiger charge is -2.33. The van der Waals surface area contributed by atoms with E-state index in [0.29, 0.717) is 13.0 Å². The first-order valence-corrected chi connectivity index (χ1v) is 5.25. The van der Waals surface area contributed by atoms with E-state index in [0.717, 1.165) is 24.4 Å². The molecule has 1 aliphatic carbocycles. The lowest BCUT2D eigenvalue weighted by Crippen LogP contribution is -2.33. The number of nitrogens with one attached hydrogen (secondary N) is 1. The van der Waals surface area contributed by atoms with Crippen LogP contribution < -0.4 is 5.32 Å². The molecule has 1 aromatic rings. The average Bonchev–Trinajstić information content (AvgIpc) is 2.54. The molecule has 1 fully saturated rings. The highest BCUT2D eigenvalue weighted by Gasteiger charge is 2.36. The Morgan fingerprint density at radius 3 is 3.00 bits per heavy atom. The van der Waals surface area contributed by atoms with Gasteiger partial charge in [-0.25, -0.2) is 9.37 Å². The summed E-state index contributed by atoms with van der Waals surface area (Å²) >= 11 is 1.30. The molecule has 0 amide bonds. The summed E-state index contributed by atoms with van der Waals surface area (Å²) < 4.78 is 17.3. The zero-order chi connectivity index (χ0) is 9.15. The van der Waals surface area contributed by atoms with Gasteiger partial charge in [-0.15, -0.1) is 0 Å². The minimum Gasteiger partial charge on any atom is -0.360 e. The third-order valence-electron chi connectivity index (χ3n) is 2.46. The summed E-state index contributed by atoms with van der Waals surface area (Å²) in [5.41, 5.74) is -0.891. The van der Waals surface area contributed by atoms with Crippen LogP contribution in [0.3, 0.4) is 0 Å². The van der Waals surface area contributed by atoms with Crippen LogP contribution in [0.2, 0.25) is 0 Å². The van der Waals surface area contributed by atoms with Crippen LogP contribution in [0.15, 0.2) is 6.33 Å². The zero-order valence-electron chi connectivity index (χ0n) is 7.29. The largest absolute Gasteiger partial charge is 0.360 e. The predicted octanol–water partition coefficient (Wildman–Crippen LogP) is 2.23. The molecule has 0 aliphatic heterocycles. The highest BCUT2D eigenvalue weighted by Crippen LogP contribution is 2.38. The topological polar surface area (TPSA) is 37.8 Å². The standard InChI is InChI=1S/C8H12FN3S/c9-8(2-1-3-8)4-5-10-7-11-6-12-13-7/h6H,1-5H2,(H,10,11,12). The highest BCUT2D eigenvalue weighted by molar-refractivity contribution is 7.09. The fraction of sp³-hybridized carbons (Fsp3) is 0.750. The maximum atomic E-state index is 13.5. The maximum absolute atomic E-state index is 13.5. The quantitative estimate of drug-likeness (QED) is 0.811. The summed E-state index contributed by atoms with van der Waals surface area (Å²) in [7, 11) is 0. The van der Waals surface area contributed by atoms with Gasteiger partial charge in [-0.1, -0.05) is 0 Å². The molecular weight excluding hydrogens is 189 g/mol. The van der Waals surface area contributed by atoms with E-state index in [9.17, 15) is 4.39 Å². The SMILES string of the molecule is FC1(CCNc2ncns2)CCC1. The number of hydrogen-bond donors (Lipinski definition) is 1. The van der Waals surface area contributed by atoms with Crippen molar-refractivity contribution in [3.63, 3.8) is 0 Å². The molecule has 0 saturated heterocycles. The lowest BCUT2D eigenvalue weighted by molar-refractivity contribution is 0.0578. The Morgan fingerprint density at radius 2 is 2.46 bits per heavy atom. The second-order valence-electron chi connectivity index (χ2n) is 3.43. The van der Waals surface area contributed by atoms with Crippen LogP contribution in [0.25, 0.3) is 0 Å². The summed E-state index contributed by atoms with van der Waals surface area (Å²) in [4.78, 5) is 3.95. The van der Waals surface area contributed by atoms with Crippen LogP contribution in [-0.4, -0.2) is 21.6 Å². The third kappa shape index (κ3) is 2.15. The molecule has 3 nitrogen and oxygen atoms in total. The van der Waals surface area contributed by atoms with Gasteiger partial charge in [-0.3, -0.25) is 0 Å². The van der Waals surface area contributed by atoms with E-state index in [1.165, 1.54) is 17.9 Å². The first kappa shape index (κ1) is 8.87. The smallest absolute Gasteiger partial charge is 0.202 e. The van der Waals surface area contributed by atoms with Crippen molar-refractivity contribution in [2.75, 3.05) is 11.9 Å². The molecule has 0 spiro atoms. The van der Waals surface area contributed by atoms with Gasteiger partial charge in [0.2, 0.25) is 5.13 Å². The summed E-state index contributed by atoms with van der Waals surface area (Å²) in [6.45, 7) is 0.658. The number of alkyl halides is 1. The Kier molecular flexibility index (Phi) is 2.44. The molecule has 2 rings (SSSR count). The van der Waals surface area contributed by atoms with Gasteiger partial charge < -0.3 is 5.32 Å². The monoisotopic (exact) mass is 201 g/mol. The molecule has 0 bridgehead atoms. The van der Waals surface area contributed by atoms with Gasteiger partial charge in [0, 0.05) is 18.1 Å². The second kappa shape index (κ2) is 3.57. The Labute approximate surface area is 80.6 Å². The molecule has 1 saturated carbocycles. The van der Waals surface area contributed by atoms with Crippen LogP contribution in [0, 0.1) is 0 Å². The van der Waals surface area contributed by atoms with Crippen molar-refractivity contribution < 1.29 is 4.39 Å². The number of rotatable bonds is 4. The van der Waals surface area contributed by atoms with E-state index in [2.05, 4.69) is 14.7 Å². The van der Waals surface area contributed by atoms with Crippen LogP contribution in [-0.2, 0) is 0 Å². The molecule has 1 aliphatic rings. The van der Waals surface area contributed by atoms with Crippen molar-refractivity contribution in [2.45, 2.75) is 31.4 Å². The van der Waals surface area contributed by atoms with Crippen molar-refractivity contribution in [1.82, 2.24) is 9.36 Å². The summed E-state index contributed by atoms with van der Waals surface area (Å²) in [5.74, 6) is 0. The number of halogens is 1. The van der Waals surface area contributed by atoms with E-state index >= 15 is 0 Å². The molecule has 0 radical (unpaired) electrons. The summed E-state index contributed by atoms with van der Waals surface area (Å²) in [5, 5.41) is 3.83. The first-order valence-electron chi connectivity index (χ1n) is 4.48. The van der Waals surface area contributed by atoms with Crippen molar-refractivity contribution in [1.29, 1.82) is 0 Å². The van der Waals surface area contributed by atoms with Gasteiger partial charge in [0.05, 0.1) is 0 Å². The molecule has 1 heterocycles. The molecule has 0 atom stereocenters. The minimum absolute atomic E-state index is 0.590. The highest BCUT2D eigenvalue weighted by atomic mass is 32.1. The van der Waals surface area contributed by atoms with Gasteiger partial charge in [-0.2, -0.15) is 4.37 Å². The van der Waals surface area contributed by atoms with Gasteiger partial charge in [0.1, 0.15) is 12.0 Å². The molecule has 0 aromatic carbocycles. The molecular formula is C8H12FN3S. The number of hydrogen-bond acceptors (Lipinski definition) is 4. The van der Waals surface area contributed by atoms with Gasteiger partial charge in [0.25, 0.3) is 0 Å². The molecule has 1 N–H and O–H groups in total. The fourth-order valence-corrected chi connectivity index (χ4v) is 1.91. The minimum atomic E-state index is -0.891. The number of nitrogens with zero attached hydrogens (tertiary/aromatic N) is 2. The van der Waals surface area contributed by atoms with E-state index < -0.39 is 5.67 Å². The van der Waals surface area contributed by atoms with Gasteiger partial charge in [0.15, 0.2) is 0 Å². The molecule has 1 aromatic heterocycles. The van der Waals surface area contributed by atoms with Crippen molar-refractivity contribution in [3.05, 3.63) is 6.33 Å². The Balaban J connectivity index is 1.69. The van der Waals surface area contributed by atoms with Gasteiger partial charge in [-0.05, 0) is 25.7 Å². The van der Waals surface area contributed by atoms with E-state index in [1.54, 1.807) is 0 Å². The molecule has 0 unspecified atom stereocenters. The van der Waals surface area contributed by atoms with Crippen LogP contribution in [0.1, 0.15) is 25.7 Å². The zero-order valence-corrected chi connectivity index (χ0v) is 8.11. The third-order valence-corrected chi connectivity index (χ3v) is 3.08. The van der Waals surface area contributed by atoms with E-state index in [4.69, 9.17) is 0 Å². The van der Waals surface area contributed by atoms with E-state index in [1.807, 2.05) is 0 Å². The van der Waals surface area contributed by atoms with Crippen LogP contribution in [0.5, 0.6) is 0 Å². The Bertz CT molecular complexity index is 258. The Morgan fingerprint density at radius 1 is 1.62 bits per heavy atom. The average molecular weight is 201 g/mol. The lowest BCUT2D eigenvalue weighted by atomic mass is 9.80. The van der Waals surface area contributed by atoms with Crippen molar-refractivity contribution in [3.8, 4) is 0 Å².